The van der Waals surface area contributed by atoms with E-state index in [0.29, 0.717) is 6.61 Å². The number of ether oxygens (including phenoxy) is 1. The summed E-state index contributed by atoms with van der Waals surface area (Å²) in [6.45, 7) is 3.27. The second kappa shape index (κ2) is 7.41. The van der Waals surface area contributed by atoms with Crippen molar-refractivity contribution in [2.24, 2.45) is 4.99 Å². The molecule has 5 heteroatoms. The van der Waals surface area contributed by atoms with Gasteiger partial charge in [-0.15, -0.1) is 0 Å². The molecule has 2 aromatic carbocycles. The maximum Gasteiger partial charge on any atom is 0.128 e. The zero-order valence-electron chi connectivity index (χ0n) is 16.0. The van der Waals surface area contributed by atoms with Crippen molar-refractivity contribution in [2.75, 3.05) is 33.7 Å². The van der Waals surface area contributed by atoms with Gasteiger partial charge in [0.15, 0.2) is 0 Å². The van der Waals surface area contributed by atoms with Gasteiger partial charge in [0.1, 0.15) is 17.3 Å². The summed E-state index contributed by atoms with van der Waals surface area (Å²) in [4.78, 5) is 6.70. The maximum absolute atomic E-state index is 13.5. The Morgan fingerprint density at radius 1 is 1.19 bits per heavy atom. The van der Waals surface area contributed by atoms with Crippen LogP contribution in [0.1, 0.15) is 35.1 Å². The van der Waals surface area contributed by atoms with Crippen molar-refractivity contribution < 1.29 is 9.13 Å². The lowest BCUT2D eigenvalue weighted by Crippen LogP contribution is -2.29. The van der Waals surface area contributed by atoms with Gasteiger partial charge in [0.2, 0.25) is 0 Å². The third-order valence-electron chi connectivity index (χ3n) is 5.41. The summed E-state index contributed by atoms with van der Waals surface area (Å²) < 4.78 is 19.9. The summed E-state index contributed by atoms with van der Waals surface area (Å²) in [5, 5.41) is 3.33. The van der Waals surface area contributed by atoms with E-state index >= 15 is 0 Å². The Hall–Kier alpha value is -2.24. The number of nitrogens with one attached hydrogen (secondary N) is 1. The molecule has 142 valence electrons. The molecule has 0 bridgehead atoms. The molecule has 2 aromatic rings. The van der Waals surface area contributed by atoms with Crippen LogP contribution in [-0.4, -0.2) is 44.5 Å². The normalized spacial score (nSPS) is 21.3. The Labute approximate surface area is 160 Å². The summed E-state index contributed by atoms with van der Waals surface area (Å²) in [6, 6.07) is 13.2. The average molecular weight is 367 g/mol. The van der Waals surface area contributed by atoms with Gasteiger partial charge in [0.05, 0.1) is 13.2 Å². The lowest BCUT2D eigenvalue weighted by atomic mass is 9.81. The van der Waals surface area contributed by atoms with Gasteiger partial charge >= 0.3 is 0 Å². The van der Waals surface area contributed by atoms with Crippen LogP contribution in [0.25, 0.3) is 0 Å². The van der Waals surface area contributed by atoms with Gasteiger partial charge in [-0.2, -0.15) is 0 Å². The summed E-state index contributed by atoms with van der Waals surface area (Å²) in [5.74, 6) is 0.741. The number of halogens is 1. The second-order valence-corrected chi connectivity index (χ2v) is 7.56. The van der Waals surface area contributed by atoms with Gasteiger partial charge in [-0.1, -0.05) is 24.3 Å². The van der Waals surface area contributed by atoms with Gasteiger partial charge in [0.25, 0.3) is 0 Å². The Kier molecular flexibility index (Phi) is 4.98. The molecule has 2 aliphatic rings. The van der Waals surface area contributed by atoms with E-state index in [-0.39, 0.29) is 5.82 Å². The van der Waals surface area contributed by atoms with Crippen LogP contribution in [0.15, 0.2) is 47.5 Å². The van der Waals surface area contributed by atoms with Crippen molar-refractivity contribution in [1.82, 2.24) is 10.2 Å². The van der Waals surface area contributed by atoms with E-state index in [0.717, 1.165) is 49.4 Å². The van der Waals surface area contributed by atoms with Crippen LogP contribution in [0.5, 0.6) is 0 Å². The van der Waals surface area contributed by atoms with Gasteiger partial charge in [0, 0.05) is 12.1 Å². The molecule has 2 heterocycles. The highest BCUT2D eigenvalue weighted by molar-refractivity contribution is 6.00. The number of aliphatic imine (C=N–C) groups is 1. The second-order valence-electron chi connectivity index (χ2n) is 7.56. The van der Waals surface area contributed by atoms with Crippen molar-refractivity contribution in [2.45, 2.75) is 25.0 Å². The first kappa shape index (κ1) is 18.1. The molecule has 0 aromatic heterocycles. The number of rotatable bonds is 6. The average Bonchev–Trinajstić information content (AvgIpc) is 3.31. The van der Waals surface area contributed by atoms with E-state index < -0.39 is 5.60 Å². The number of fused-ring (bicyclic) bond motifs is 1. The third kappa shape index (κ3) is 3.49. The lowest BCUT2D eigenvalue weighted by Gasteiger charge is -2.31. The Balaban J connectivity index is 1.71. The van der Waals surface area contributed by atoms with Crippen molar-refractivity contribution in [3.8, 4) is 0 Å². The van der Waals surface area contributed by atoms with E-state index in [9.17, 15) is 4.39 Å². The standard InChI is InChI=1S/C22H26FN3O/c1-26(2)13-3-10-22(18-5-7-19(23)8-6-18)20-9-4-16(14-17(20)15-27-22)21-24-11-12-25-21/h4-9,14H,3,10-13,15H2,1-2H3,(H,24,25). The fourth-order valence-electron chi connectivity index (χ4n) is 4.08. The molecule has 1 N–H and O–H groups in total. The summed E-state index contributed by atoms with van der Waals surface area (Å²) in [6.07, 6.45) is 1.86. The molecule has 27 heavy (non-hydrogen) atoms. The fraction of sp³-hybridized carbons (Fsp3) is 0.409. The molecule has 0 spiro atoms. The summed E-state index contributed by atoms with van der Waals surface area (Å²) in [5.41, 5.74) is 4.00. The molecular formula is C22H26FN3O. The van der Waals surface area contributed by atoms with Crippen LogP contribution in [-0.2, 0) is 16.9 Å². The van der Waals surface area contributed by atoms with E-state index in [4.69, 9.17) is 4.74 Å². The molecule has 0 fully saturated rings. The predicted molar refractivity (Wildman–Crippen MR) is 106 cm³/mol. The van der Waals surface area contributed by atoms with Crippen molar-refractivity contribution >= 4 is 5.84 Å². The molecule has 0 amide bonds. The highest BCUT2D eigenvalue weighted by Crippen LogP contribution is 2.45. The lowest BCUT2D eigenvalue weighted by molar-refractivity contribution is -0.0140. The van der Waals surface area contributed by atoms with Crippen LogP contribution in [0, 0.1) is 5.82 Å². The van der Waals surface area contributed by atoms with E-state index in [1.807, 2.05) is 12.1 Å². The van der Waals surface area contributed by atoms with E-state index in [2.05, 4.69) is 47.5 Å². The monoisotopic (exact) mass is 367 g/mol. The minimum absolute atomic E-state index is 0.221. The Bertz CT molecular complexity index is 847. The molecule has 0 saturated heterocycles. The highest BCUT2D eigenvalue weighted by Gasteiger charge is 2.41. The van der Waals surface area contributed by atoms with Gasteiger partial charge in [-0.05, 0) is 68.4 Å². The number of hydrogen-bond donors (Lipinski definition) is 1. The molecule has 0 aliphatic carbocycles. The predicted octanol–water partition coefficient (Wildman–Crippen LogP) is 3.29. The van der Waals surface area contributed by atoms with E-state index in [1.165, 1.54) is 23.3 Å². The summed E-state index contributed by atoms with van der Waals surface area (Å²) in [7, 11) is 4.16. The quantitative estimate of drug-likeness (QED) is 0.851. The topological polar surface area (TPSA) is 36.9 Å². The van der Waals surface area contributed by atoms with Crippen molar-refractivity contribution in [3.63, 3.8) is 0 Å². The largest absolute Gasteiger partial charge is 0.368 e. The van der Waals surface area contributed by atoms with Gasteiger partial charge in [-0.25, -0.2) is 4.39 Å². The molecule has 1 atom stereocenters. The minimum Gasteiger partial charge on any atom is -0.368 e. The van der Waals surface area contributed by atoms with Gasteiger partial charge in [-0.3, -0.25) is 4.99 Å². The SMILES string of the molecule is CN(C)CCCC1(c2ccc(F)cc2)OCc2cc(C3=NCCN3)ccc21. The smallest absolute Gasteiger partial charge is 0.128 e. The number of benzene rings is 2. The minimum atomic E-state index is -0.511. The van der Waals surface area contributed by atoms with Crippen molar-refractivity contribution in [3.05, 3.63) is 70.5 Å². The third-order valence-corrected chi connectivity index (χ3v) is 5.41. The molecule has 1 unspecified atom stereocenters. The molecule has 0 radical (unpaired) electrons. The number of amidine groups is 1. The van der Waals surface area contributed by atoms with Crippen LogP contribution < -0.4 is 5.32 Å². The molecule has 4 nitrogen and oxygen atoms in total. The van der Waals surface area contributed by atoms with Crippen LogP contribution in [0.4, 0.5) is 4.39 Å². The fourth-order valence-corrected chi connectivity index (χ4v) is 4.08. The first-order valence-electron chi connectivity index (χ1n) is 9.55. The van der Waals surface area contributed by atoms with Crippen LogP contribution in [0.3, 0.4) is 0 Å². The molecule has 2 aliphatic heterocycles. The molecule has 0 saturated carbocycles. The zero-order valence-corrected chi connectivity index (χ0v) is 16.0. The van der Waals surface area contributed by atoms with Crippen molar-refractivity contribution in [1.29, 1.82) is 0 Å². The van der Waals surface area contributed by atoms with E-state index in [1.54, 1.807) is 0 Å². The molecule has 4 rings (SSSR count). The Morgan fingerprint density at radius 2 is 2.00 bits per heavy atom. The van der Waals surface area contributed by atoms with Gasteiger partial charge < -0.3 is 15.0 Å². The molecular weight excluding hydrogens is 341 g/mol. The maximum atomic E-state index is 13.5. The first-order valence-corrected chi connectivity index (χ1v) is 9.55. The van der Waals surface area contributed by atoms with Crippen LogP contribution >= 0.6 is 0 Å². The highest BCUT2D eigenvalue weighted by atomic mass is 19.1. The zero-order chi connectivity index (χ0) is 18.9. The first-order chi connectivity index (χ1) is 13.1. The number of hydrogen-bond acceptors (Lipinski definition) is 4. The van der Waals surface area contributed by atoms with Crippen LogP contribution in [0.2, 0.25) is 0 Å². The summed E-state index contributed by atoms with van der Waals surface area (Å²) >= 11 is 0. The Morgan fingerprint density at radius 3 is 2.70 bits per heavy atom. The number of nitrogens with zero attached hydrogens (tertiary/aromatic N) is 2.